The van der Waals surface area contributed by atoms with Gasteiger partial charge >= 0.3 is 0 Å². The van der Waals surface area contributed by atoms with Gasteiger partial charge < -0.3 is 20.4 Å². The van der Waals surface area contributed by atoms with Crippen LogP contribution in [0.3, 0.4) is 0 Å². The predicted molar refractivity (Wildman–Crippen MR) is 97.5 cm³/mol. The lowest BCUT2D eigenvalue weighted by atomic mass is 10.0. The molecule has 4 nitrogen and oxygen atoms in total. The second-order valence-electron chi connectivity index (χ2n) is 6.61. The molecule has 1 saturated heterocycles. The van der Waals surface area contributed by atoms with Gasteiger partial charge in [0.05, 0.1) is 6.10 Å². The van der Waals surface area contributed by atoms with E-state index < -0.39 is 6.10 Å². The zero-order valence-corrected chi connectivity index (χ0v) is 14.2. The first-order valence-electron chi connectivity index (χ1n) is 8.64. The van der Waals surface area contributed by atoms with Crippen molar-refractivity contribution >= 4 is 5.69 Å². The minimum atomic E-state index is -0.541. The van der Waals surface area contributed by atoms with E-state index in [2.05, 4.69) is 41.4 Å². The molecular weight excluding hydrogens is 300 g/mol. The molecule has 4 heteroatoms. The molecule has 1 aliphatic heterocycles. The lowest BCUT2D eigenvalue weighted by molar-refractivity contribution is 0.167. The van der Waals surface area contributed by atoms with Crippen molar-refractivity contribution in [1.82, 2.24) is 5.32 Å². The van der Waals surface area contributed by atoms with Gasteiger partial charge in [-0.25, -0.2) is 0 Å². The largest absolute Gasteiger partial charge is 0.508 e. The summed E-state index contributed by atoms with van der Waals surface area (Å²) in [6, 6.07) is 15.9. The maximum Gasteiger partial charge on any atom is 0.115 e. The normalized spacial score (nSPS) is 17.0. The van der Waals surface area contributed by atoms with E-state index >= 15 is 0 Å². The van der Waals surface area contributed by atoms with Crippen LogP contribution in [0.5, 0.6) is 5.75 Å². The van der Waals surface area contributed by atoms with Gasteiger partial charge in [-0.2, -0.15) is 0 Å². The number of aryl methyl sites for hydroxylation is 1. The standard InChI is InChI=1S/C20H26N2O2/c1-15-2-6-18(7-3-15)22-12-10-17(11-13-22)21-14-20(24)16-4-8-19(23)9-5-16/h2-9,17,20-21,23-24H,10-14H2,1H3. The van der Waals surface area contributed by atoms with Gasteiger partial charge in [0.2, 0.25) is 0 Å². The molecule has 0 spiro atoms. The van der Waals surface area contributed by atoms with E-state index in [1.807, 2.05) is 0 Å². The highest BCUT2D eigenvalue weighted by atomic mass is 16.3. The fourth-order valence-electron chi connectivity index (χ4n) is 3.19. The maximum atomic E-state index is 10.2. The number of anilines is 1. The molecule has 1 heterocycles. The number of aliphatic hydroxyl groups excluding tert-OH is 1. The summed E-state index contributed by atoms with van der Waals surface area (Å²) in [6.07, 6.45) is 1.62. The van der Waals surface area contributed by atoms with Crippen molar-refractivity contribution in [1.29, 1.82) is 0 Å². The van der Waals surface area contributed by atoms with Crippen LogP contribution < -0.4 is 10.2 Å². The van der Waals surface area contributed by atoms with E-state index in [4.69, 9.17) is 0 Å². The van der Waals surface area contributed by atoms with Crippen LogP contribution in [0.15, 0.2) is 48.5 Å². The van der Waals surface area contributed by atoms with Gasteiger partial charge in [-0.1, -0.05) is 29.8 Å². The first-order chi connectivity index (χ1) is 11.6. The number of nitrogens with one attached hydrogen (secondary N) is 1. The molecule has 1 aliphatic rings. The molecular formula is C20H26N2O2. The highest BCUT2D eigenvalue weighted by Crippen LogP contribution is 2.21. The monoisotopic (exact) mass is 326 g/mol. The van der Waals surface area contributed by atoms with Gasteiger partial charge in [-0.15, -0.1) is 0 Å². The van der Waals surface area contributed by atoms with Gasteiger partial charge in [0.1, 0.15) is 5.75 Å². The predicted octanol–water partition coefficient (Wildman–Crippen LogP) is 2.99. The average molecular weight is 326 g/mol. The van der Waals surface area contributed by atoms with Crippen LogP contribution in [0.25, 0.3) is 0 Å². The van der Waals surface area contributed by atoms with E-state index in [1.165, 1.54) is 11.3 Å². The summed E-state index contributed by atoms with van der Waals surface area (Å²) in [5.74, 6) is 0.224. The summed E-state index contributed by atoms with van der Waals surface area (Å²) >= 11 is 0. The Morgan fingerprint density at radius 2 is 1.67 bits per heavy atom. The third-order valence-corrected chi connectivity index (χ3v) is 4.77. The molecule has 0 bridgehead atoms. The van der Waals surface area contributed by atoms with Crippen molar-refractivity contribution in [3.63, 3.8) is 0 Å². The molecule has 1 atom stereocenters. The summed E-state index contributed by atoms with van der Waals surface area (Å²) in [4.78, 5) is 2.42. The SMILES string of the molecule is Cc1ccc(N2CCC(NCC(O)c3ccc(O)cc3)CC2)cc1. The first-order valence-corrected chi connectivity index (χ1v) is 8.64. The lowest BCUT2D eigenvalue weighted by Gasteiger charge is -2.34. The number of hydrogen-bond acceptors (Lipinski definition) is 4. The molecule has 3 N–H and O–H groups in total. The Morgan fingerprint density at radius 3 is 2.29 bits per heavy atom. The molecule has 0 aliphatic carbocycles. The Kier molecular flexibility index (Phi) is 5.38. The molecule has 2 aromatic carbocycles. The molecule has 24 heavy (non-hydrogen) atoms. The molecule has 1 unspecified atom stereocenters. The van der Waals surface area contributed by atoms with Crippen LogP contribution in [0.2, 0.25) is 0 Å². The minimum Gasteiger partial charge on any atom is -0.508 e. The highest BCUT2D eigenvalue weighted by Gasteiger charge is 2.20. The third kappa shape index (κ3) is 4.28. The summed E-state index contributed by atoms with van der Waals surface area (Å²) < 4.78 is 0. The number of nitrogens with zero attached hydrogens (tertiary/aromatic N) is 1. The molecule has 0 radical (unpaired) electrons. The second-order valence-corrected chi connectivity index (χ2v) is 6.61. The summed E-state index contributed by atoms with van der Waals surface area (Å²) in [6.45, 7) is 4.73. The van der Waals surface area contributed by atoms with Gasteiger partial charge in [-0.05, 0) is 49.6 Å². The number of hydrogen-bond donors (Lipinski definition) is 3. The van der Waals surface area contributed by atoms with E-state index in [0.717, 1.165) is 31.5 Å². The number of benzene rings is 2. The number of aromatic hydroxyl groups is 1. The van der Waals surface area contributed by atoms with Crippen molar-refractivity contribution < 1.29 is 10.2 Å². The van der Waals surface area contributed by atoms with E-state index in [9.17, 15) is 10.2 Å². The number of piperidine rings is 1. The lowest BCUT2D eigenvalue weighted by Crippen LogP contribution is -2.43. The zero-order valence-electron chi connectivity index (χ0n) is 14.2. The first kappa shape index (κ1) is 16.8. The summed E-state index contributed by atoms with van der Waals surface area (Å²) in [7, 11) is 0. The molecule has 0 saturated carbocycles. The Labute approximate surface area is 143 Å². The van der Waals surface area contributed by atoms with Crippen LogP contribution in [-0.4, -0.2) is 35.9 Å². The van der Waals surface area contributed by atoms with Crippen LogP contribution in [0, 0.1) is 6.92 Å². The van der Waals surface area contributed by atoms with Crippen molar-refractivity contribution in [2.24, 2.45) is 0 Å². The third-order valence-electron chi connectivity index (χ3n) is 4.77. The minimum absolute atomic E-state index is 0.224. The summed E-state index contributed by atoms with van der Waals surface area (Å²) in [5, 5.41) is 23.0. The Bertz CT molecular complexity index is 632. The Morgan fingerprint density at radius 1 is 1.04 bits per heavy atom. The van der Waals surface area contributed by atoms with Crippen molar-refractivity contribution in [3.05, 3.63) is 59.7 Å². The number of rotatable bonds is 5. The molecule has 1 fully saturated rings. The van der Waals surface area contributed by atoms with Gasteiger partial charge in [0, 0.05) is 31.4 Å². The van der Waals surface area contributed by atoms with Gasteiger partial charge in [-0.3, -0.25) is 0 Å². The van der Waals surface area contributed by atoms with Crippen molar-refractivity contribution in [2.75, 3.05) is 24.5 Å². The maximum absolute atomic E-state index is 10.2. The van der Waals surface area contributed by atoms with E-state index in [-0.39, 0.29) is 5.75 Å². The Balaban J connectivity index is 1.45. The van der Waals surface area contributed by atoms with Crippen LogP contribution in [0.1, 0.15) is 30.1 Å². The molecule has 0 amide bonds. The quantitative estimate of drug-likeness (QED) is 0.791. The fraction of sp³-hybridized carbons (Fsp3) is 0.400. The second kappa shape index (κ2) is 7.69. The summed E-state index contributed by atoms with van der Waals surface area (Å²) in [5.41, 5.74) is 3.42. The Hall–Kier alpha value is -2.04. The zero-order chi connectivity index (χ0) is 16.9. The molecule has 0 aromatic heterocycles. The van der Waals surface area contributed by atoms with Crippen LogP contribution >= 0.6 is 0 Å². The van der Waals surface area contributed by atoms with Crippen molar-refractivity contribution in [3.8, 4) is 5.75 Å². The fourth-order valence-corrected chi connectivity index (χ4v) is 3.19. The number of phenolic OH excluding ortho intramolecular Hbond substituents is 1. The number of aliphatic hydroxyl groups is 1. The molecule has 2 aromatic rings. The molecule has 3 rings (SSSR count). The highest BCUT2D eigenvalue weighted by molar-refractivity contribution is 5.47. The van der Waals surface area contributed by atoms with E-state index in [0.29, 0.717) is 12.6 Å². The molecule has 128 valence electrons. The van der Waals surface area contributed by atoms with Gasteiger partial charge in [0.25, 0.3) is 0 Å². The average Bonchev–Trinajstić information content (AvgIpc) is 2.61. The van der Waals surface area contributed by atoms with Gasteiger partial charge in [0.15, 0.2) is 0 Å². The topological polar surface area (TPSA) is 55.7 Å². The van der Waals surface area contributed by atoms with Crippen molar-refractivity contribution in [2.45, 2.75) is 31.9 Å². The van der Waals surface area contributed by atoms with E-state index in [1.54, 1.807) is 24.3 Å². The number of phenols is 1. The smallest absolute Gasteiger partial charge is 0.115 e. The van der Waals surface area contributed by atoms with Crippen LogP contribution in [0.4, 0.5) is 5.69 Å². The van der Waals surface area contributed by atoms with Crippen LogP contribution in [-0.2, 0) is 0 Å².